The Balaban J connectivity index is 1.36. The molecule has 0 atom stereocenters. The maximum atomic E-state index is 14.1. The minimum absolute atomic E-state index is 0.0176. The lowest BCUT2D eigenvalue weighted by Crippen LogP contribution is -2.32. The summed E-state index contributed by atoms with van der Waals surface area (Å²) in [4.78, 5) is 14.8. The van der Waals surface area contributed by atoms with E-state index >= 15 is 0 Å². The van der Waals surface area contributed by atoms with Crippen LogP contribution in [0.4, 0.5) is 15.8 Å². The summed E-state index contributed by atoms with van der Waals surface area (Å²) < 4.78 is 36.9. The minimum Gasteiger partial charge on any atom is -0.331 e. The first-order valence-corrected chi connectivity index (χ1v) is 13.0. The van der Waals surface area contributed by atoms with Gasteiger partial charge in [0.2, 0.25) is 10.0 Å². The van der Waals surface area contributed by atoms with Gasteiger partial charge in [0.1, 0.15) is 5.82 Å². The van der Waals surface area contributed by atoms with Crippen LogP contribution in [0.15, 0.2) is 94.9 Å². The van der Waals surface area contributed by atoms with E-state index in [0.717, 1.165) is 16.3 Å². The topological polar surface area (TPSA) is 117 Å². The Hall–Kier alpha value is -4.19. The number of thiocarbonyl (C=S) groups is 1. The fourth-order valence-electron chi connectivity index (χ4n) is 4.06. The molecule has 0 radical (unpaired) electrons. The number of halogens is 1. The summed E-state index contributed by atoms with van der Waals surface area (Å²) in [5, 5.41) is 14.3. The van der Waals surface area contributed by atoms with Gasteiger partial charge in [-0.3, -0.25) is 10.2 Å². The Bertz CT molecular complexity index is 1690. The summed E-state index contributed by atoms with van der Waals surface area (Å²) in [6.45, 7) is 0.278. The van der Waals surface area contributed by atoms with E-state index in [4.69, 9.17) is 17.4 Å². The van der Waals surface area contributed by atoms with Gasteiger partial charge in [0, 0.05) is 11.3 Å². The number of amides is 1. The third-order valence-corrected chi connectivity index (χ3v) is 6.94. The van der Waals surface area contributed by atoms with Crippen LogP contribution in [0.2, 0.25) is 0 Å². The summed E-state index contributed by atoms with van der Waals surface area (Å²) in [6, 6.07) is 23.6. The van der Waals surface area contributed by atoms with E-state index in [1.165, 1.54) is 36.4 Å². The zero-order chi connectivity index (χ0) is 26.2. The highest BCUT2D eigenvalue weighted by Gasteiger charge is 2.34. The van der Waals surface area contributed by atoms with Crippen LogP contribution in [0.1, 0.15) is 11.1 Å². The first-order valence-electron chi connectivity index (χ1n) is 11.1. The number of anilines is 2. The molecule has 1 aliphatic rings. The van der Waals surface area contributed by atoms with Gasteiger partial charge in [0.05, 0.1) is 17.1 Å². The van der Waals surface area contributed by atoms with Crippen molar-refractivity contribution in [2.45, 2.75) is 11.4 Å². The van der Waals surface area contributed by atoms with Crippen LogP contribution < -0.4 is 20.8 Å². The highest BCUT2D eigenvalue weighted by Crippen LogP contribution is 2.32. The molecule has 4 N–H and O–H groups in total. The maximum absolute atomic E-state index is 14.1. The molecule has 5 rings (SSSR count). The molecule has 37 heavy (non-hydrogen) atoms. The van der Waals surface area contributed by atoms with Gasteiger partial charge in [-0.05, 0) is 77.1 Å². The van der Waals surface area contributed by atoms with E-state index < -0.39 is 21.7 Å². The van der Waals surface area contributed by atoms with E-state index in [1.54, 1.807) is 11.0 Å². The van der Waals surface area contributed by atoms with Crippen molar-refractivity contribution in [1.29, 1.82) is 0 Å². The van der Waals surface area contributed by atoms with E-state index in [-0.39, 0.29) is 22.3 Å². The number of hydrogen-bond donors (Lipinski definition) is 3. The summed E-state index contributed by atoms with van der Waals surface area (Å²) >= 11 is 5.25. The lowest BCUT2D eigenvalue weighted by Gasteiger charge is -2.17. The van der Waals surface area contributed by atoms with Crippen LogP contribution >= 0.6 is 12.2 Å². The third-order valence-electron chi connectivity index (χ3n) is 5.82. The Morgan fingerprint density at radius 3 is 2.43 bits per heavy atom. The average molecular weight is 534 g/mol. The van der Waals surface area contributed by atoms with Crippen molar-refractivity contribution in [2.24, 2.45) is 10.2 Å². The predicted molar refractivity (Wildman–Crippen MR) is 145 cm³/mol. The molecule has 186 valence electrons. The molecule has 0 unspecified atom stereocenters. The molecule has 0 bridgehead atoms. The second kappa shape index (κ2) is 9.69. The monoisotopic (exact) mass is 533 g/mol. The fourth-order valence-corrected chi connectivity index (χ4v) is 4.74. The molecular weight excluding hydrogens is 513 g/mol. The number of primary sulfonamides is 1. The summed E-state index contributed by atoms with van der Waals surface area (Å²) in [6.07, 6.45) is 0. The van der Waals surface area contributed by atoms with Gasteiger partial charge in [-0.2, -0.15) is 5.10 Å². The molecule has 0 aliphatic carbocycles. The quantitative estimate of drug-likeness (QED) is 0.265. The summed E-state index contributed by atoms with van der Waals surface area (Å²) in [5.41, 5.74) is 4.91. The molecule has 11 heteroatoms. The maximum Gasteiger partial charge on any atom is 0.279 e. The molecule has 0 fully saturated rings. The van der Waals surface area contributed by atoms with Crippen LogP contribution in [0, 0.1) is 5.82 Å². The smallest absolute Gasteiger partial charge is 0.279 e. The number of sulfonamides is 1. The van der Waals surface area contributed by atoms with Crippen LogP contribution in [0.3, 0.4) is 0 Å². The number of hydrazone groups is 1. The van der Waals surface area contributed by atoms with Crippen molar-refractivity contribution in [2.75, 3.05) is 10.2 Å². The van der Waals surface area contributed by atoms with Crippen molar-refractivity contribution in [3.8, 4) is 0 Å². The van der Waals surface area contributed by atoms with E-state index in [2.05, 4.69) is 15.8 Å². The zero-order valence-corrected chi connectivity index (χ0v) is 20.8. The van der Waals surface area contributed by atoms with Gasteiger partial charge in [-0.1, -0.05) is 36.4 Å². The number of rotatable bonds is 5. The molecule has 0 aromatic heterocycles. The second-order valence-electron chi connectivity index (χ2n) is 8.33. The molecule has 0 saturated heterocycles. The van der Waals surface area contributed by atoms with Crippen LogP contribution in [-0.2, 0) is 21.4 Å². The molecule has 1 aliphatic heterocycles. The van der Waals surface area contributed by atoms with Gasteiger partial charge in [0.15, 0.2) is 10.8 Å². The van der Waals surface area contributed by atoms with Gasteiger partial charge >= 0.3 is 0 Å². The average Bonchev–Trinajstić information content (AvgIpc) is 3.12. The third kappa shape index (κ3) is 5.19. The molecule has 1 amide bonds. The van der Waals surface area contributed by atoms with Crippen molar-refractivity contribution >= 4 is 61.1 Å². The standard InChI is InChI=1S/C26H20FN5O3S2/c27-19-7-12-23-22(14-19)24(30-31-26(36)29-20-8-10-21(11-9-20)37(28,34)35)25(33)32(23)15-16-5-6-17-3-1-2-4-18(17)13-16/h1-14H,15H2,(H2,28,34,35)(H2,29,31,36). The van der Waals surface area contributed by atoms with Crippen molar-refractivity contribution in [1.82, 2.24) is 5.43 Å². The van der Waals surface area contributed by atoms with Crippen molar-refractivity contribution in [3.63, 3.8) is 0 Å². The Morgan fingerprint density at radius 1 is 0.973 bits per heavy atom. The Labute approximate surface area is 217 Å². The van der Waals surface area contributed by atoms with Gasteiger partial charge in [-0.25, -0.2) is 17.9 Å². The first-order chi connectivity index (χ1) is 17.7. The molecule has 1 heterocycles. The lowest BCUT2D eigenvalue weighted by atomic mass is 10.1. The van der Waals surface area contributed by atoms with Crippen molar-refractivity contribution < 1.29 is 17.6 Å². The second-order valence-corrected chi connectivity index (χ2v) is 10.3. The Morgan fingerprint density at radius 2 is 1.70 bits per heavy atom. The predicted octanol–water partition coefficient (Wildman–Crippen LogP) is 3.86. The number of hydrogen-bond acceptors (Lipinski definition) is 5. The highest BCUT2D eigenvalue weighted by atomic mass is 32.2. The SMILES string of the molecule is NS(=O)(=O)c1ccc(NC(=S)NN=C2C(=O)N(Cc3ccc4ccccc4c3)c3ccc(F)cc32)cc1. The van der Waals surface area contributed by atoms with Crippen LogP contribution in [-0.4, -0.2) is 25.1 Å². The first kappa shape index (κ1) is 24.5. The summed E-state index contributed by atoms with van der Waals surface area (Å²) in [7, 11) is -3.82. The molecule has 4 aromatic carbocycles. The van der Waals surface area contributed by atoms with E-state index in [0.29, 0.717) is 16.9 Å². The number of carbonyl (C=O) groups excluding carboxylic acids is 1. The van der Waals surface area contributed by atoms with Crippen molar-refractivity contribution in [3.05, 3.63) is 102 Å². The number of nitrogens with one attached hydrogen (secondary N) is 2. The van der Waals surface area contributed by atoms with Crippen LogP contribution in [0.25, 0.3) is 10.8 Å². The highest BCUT2D eigenvalue weighted by molar-refractivity contribution is 7.89. The van der Waals surface area contributed by atoms with Gasteiger partial charge in [0.25, 0.3) is 5.91 Å². The molecule has 0 saturated carbocycles. The number of carbonyl (C=O) groups is 1. The number of nitrogens with zero attached hydrogens (tertiary/aromatic N) is 2. The van der Waals surface area contributed by atoms with Crippen LogP contribution in [0.5, 0.6) is 0 Å². The van der Waals surface area contributed by atoms with Gasteiger partial charge in [-0.15, -0.1) is 0 Å². The Kier molecular flexibility index (Phi) is 6.42. The molecule has 8 nitrogen and oxygen atoms in total. The number of nitrogens with two attached hydrogens (primary N) is 1. The normalized spacial score (nSPS) is 14.2. The van der Waals surface area contributed by atoms with E-state index in [1.807, 2.05) is 42.5 Å². The molecule has 4 aromatic rings. The minimum atomic E-state index is -3.82. The largest absolute Gasteiger partial charge is 0.331 e. The number of fused-ring (bicyclic) bond motifs is 2. The molecular formula is C26H20FN5O3S2. The van der Waals surface area contributed by atoms with Gasteiger partial charge < -0.3 is 10.2 Å². The summed E-state index contributed by atoms with van der Waals surface area (Å²) in [5.74, 6) is -0.899. The lowest BCUT2D eigenvalue weighted by molar-refractivity contribution is -0.112. The fraction of sp³-hybridized carbons (Fsp3) is 0.0385. The van der Waals surface area contributed by atoms with E-state index in [9.17, 15) is 17.6 Å². The zero-order valence-electron chi connectivity index (χ0n) is 19.2. The number of benzene rings is 4. The molecule has 0 spiro atoms.